The van der Waals surface area contributed by atoms with Gasteiger partial charge in [-0.1, -0.05) is 24.3 Å². The molecule has 2 rings (SSSR count). The summed E-state index contributed by atoms with van der Waals surface area (Å²) in [7, 11) is 1.77. The zero-order valence-electron chi connectivity index (χ0n) is 11.6. The Bertz CT molecular complexity index is 396. The maximum atomic E-state index is 11.3. The van der Waals surface area contributed by atoms with Crippen molar-refractivity contribution in [3.05, 3.63) is 35.4 Å². The first kappa shape index (κ1) is 14.0. The Labute approximate surface area is 115 Å². The third kappa shape index (κ3) is 4.65. The van der Waals surface area contributed by atoms with E-state index in [-0.39, 0.29) is 5.91 Å². The van der Waals surface area contributed by atoms with E-state index < -0.39 is 0 Å². The lowest BCUT2D eigenvalue weighted by Crippen LogP contribution is -2.31. The molecule has 19 heavy (non-hydrogen) atoms. The molecule has 0 bridgehead atoms. The van der Waals surface area contributed by atoms with Gasteiger partial charge in [-0.2, -0.15) is 0 Å². The zero-order valence-corrected chi connectivity index (χ0v) is 11.6. The minimum absolute atomic E-state index is 0.0312. The van der Waals surface area contributed by atoms with Crippen molar-refractivity contribution >= 4 is 5.91 Å². The van der Waals surface area contributed by atoms with Crippen LogP contribution in [0.25, 0.3) is 0 Å². The van der Waals surface area contributed by atoms with Gasteiger partial charge in [0.2, 0.25) is 5.91 Å². The number of rotatable bonds is 6. The topological polar surface area (TPSA) is 44.4 Å². The molecule has 0 unspecified atom stereocenters. The summed E-state index contributed by atoms with van der Waals surface area (Å²) in [4.78, 5) is 13.8. The van der Waals surface area contributed by atoms with Crippen molar-refractivity contribution in [1.29, 1.82) is 0 Å². The van der Waals surface area contributed by atoms with E-state index in [9.17, 15) is 4.79 Å². The van der Waals surface area contributed by atoms with Crippen LogP contribution in [0.5, 0.6) is 0 Å². The largest absolute Gasteiger partial charge is 0.351 e. The van der Waals surface area contributed by atoms with Gasteiger partial charge in [-0.15, -0.1) is 0 Å². The summed E-state index contributed by atoms with van der Waals surface area (Å²) >= 11 is 0. The first-order valence-corrected chi connectivity index (χ1v) is 6.99. The van der Waals surface area contributed by atoms with Gasteiger partial charge in [0.1, 0.15) is 0 Å². The van der Waals surface area contributed by atoms with E-state index in [1.54, 1.807) is 7.05 Å². The van der Waals surface area contributed by atoms with E-state index in [1.807, 2.05) is 0 Å². The van der Waals surface area contributed by atoms with Crippen LogP contribution in [-0.2, 0) is 17.9 Å². The quantitative estimate of drug-likeness (QED) is 0.806. The van der Waals surface area contributed by atoms with Gasteiger partial charge in [0.05, 0.1) is 6.54 Å². The SMILES string of the molecule is CNCC(=O)NCc1ccc(CN2CCCC2)cc1. The van der Waals surface area contributed by atoms with Crippen LogP contribution in [0.3, 0.4) is 0 Å². The molecule has 104 valence electrons. The van der Waals surface area contributed by atoms with E-state index in [4.69, 9.17) is 0 Å². The lowest BCUT2D eigenvalue weighted by Gasteiger charge is -2.14. The van der Waals surface area contributed by atoms with Crippen LogP contribution in [-0.4, -0.2) is 37.5 Å². The molecule has 1 aromatic carbocycles. The van der Waals surface area contributed by atoms with Gasteiger partial charge in [0.15, 0.2) is 0 Å². The van der Waals surface area contributed by atoms with Crippen molar-refractivity contribution in [2.24, 2.45) is 0 Å². The summed E-state index contributed by atoms with van der Waals surface area (Å²) in [5.74, 6) is 0.0312. The number of hydrogen-bond donors (Lipinski definition) is 2. The van der Waals surface area contributed by atoms with Crippen LogP contribution < -0.4 is 10.6 Å². The van der Waals surface area contributed by atoms with Crippen LogP contribution in [0, 0.1) is 0 Å². The smallest absolute Gasteiger partial charge is 0.234 e. The molecule has 1 aliphatic heterocycles. The highest BCUT2D eigenvalue weighted by molar-refractivity contribution is 5.77. The minimum atomic E-state index is 0.0312. The van der Waals surface area contributed by atoms with E-state index in [0.717, 1.165) is 12.1 Å². The van der Waals surface area contributed by atoms with Crippen LogP contribution >= 0.6 is 0 Å². The number of benzene rings is 1. The number of likely N-dealkylation sites (tertiary alicyclic amines) is 1. The lowest BCUT2D eigenvalue weighted by atomic mass is 10.1. The molecule has 1 amide bonds. The van der Waals surface area contributed by atoms with Crippen molar-refractivity contribution in [3.8, 4) is 0 Å². The maximum absolute atomic E-state index is 11.3. The highest BCUT2D eigenvalue weighted by atomic mass is 16.1. The van der Waals surface area contributed by atoms with Gasteiger partial charge >= 0.3 is 0 Å². The zero-order chi connectivity index (χ0) is 13.5. The Morgan fingerprint density at radius 3 is 2.42 bits per heavy atom. The average molecular weight is 261 g/mol. The second-order valence-electron chi connectivity index (χ2n) is 5.11. The molecule has 1 heterocycles. The molecule has 4 nitrogen and oxygen atoms in total. The number of carbonyl (C=O) groups is 1. The third-order valence-corrected chi connectivity index (χ3v) is 3.45. The Morgan fingerprint density at radius 2 is 1.79 bits per heavy atom. The predicted molar refractivity (Wildman–Crippen MR) is 76.7 cm³/mol. The van der Waals surface area contributed by atoms with E-state index >= 15 is 0 Å². The van der Waals surface area contributed by atoms with Crippen LogP contribution in [0.1, 0.15) is 24.0 Å². The van der Waals surface area contributed by atoms with E-state index in [0.29, 0.717) is 13.1 Å². The number of nitrogens with one attached hydrogen (secondary N) is 2. The Morgan fingerprint density at radius 1 is 1.16 bits per heavy atom. The molecule has 1 aliphatic rings. The molecule has 0 saturated carbocycles. The first-order valence-electron chi connectivity index (χ1n) is 6.99. The Balaban J connectivity index is 1.79. The molecule has 1 aromatic rings. The highest BCUT2D eigenvalue weighted by Gasteiger charge is 2.11. The molecule has 0 radical (unpaired) electrons. The van der Waals surface area contributed by atoms with E-state index in [1.165, 1.54) is 31.5 Å². The fourth-order valence-corrected chi connectivity index (χ4v) is 2.39. The Hall–Kier alpha value is -1.39. The summed E-state index contributed by atoms with van der Waals surface area (Å²) in [6, 6.07) is 8.53. The summed E-state index contributed by atoms with van der Waals surface area (Å²) in [5, 5.41) is 5.72. The standard InChI is InChI=1S/C15H23N3O/c1-16-11-15(19)17-10-13-4-6-14(7-5-13)12-18-8-2-3-9-18/h4-7,16H,2-3,8-12H2,1H3,(H,17,19). The fourth-order valence-electron chi connectivity index (χ4n) is 2.39. The predicted octanol–water partition coefficient (Wildman–Crippen LogP) is 1.12. The van der Waals surface area contributed by atoms with Crippen LogP contribution in [0.4, 0.5) is 0 Å². The molecule has 1 fully saturated rings. The first-order chi connectivity index (χ1) is 9.28. The molecule has 0 aliphatic carbocycles. The molecule has 1 saturated heterocycles. The highest BCUT2D eigenvalue weighted by Crippen LogP contribution is 2.13. The van der Waals surface area contributed by atoms with Crippen molar-refractivity contribution in [1.82, 2.24) is 15.5 Å². The van der Waals surface area contributed by atoms with Crippen molar-refractivity contribution in [2.75, 3.05) is 26.7 Å². The van der Waals surface area contributed by atoms with Gasteiger partial charge in [-0.05, 0) is 44.1 Å². The minimum Gasteiger partial charge on any atom is -0.351 e. The maximum Gasteiger partial charge on any atom is 0.234 e. The van der Waals surface area contributed by atoms with Crippen molar-refractivity contribution < 1.29 is 4.79 Å². The van der Waals surface area contributed by atoms with Crippen molar-refractivity contribution in [3.63, 3.8) is 0 Å². The van der Waals surface area contributed by atoms with Crippen LogP contribution in [0.2, 0.25) is 0 Å². The summed E-state index contributed by atoms with van der Waals surface area (Å²) in [6.07, 6.45) is 2.66. The van der Waals surface area contributed by atoms with Gasteiger partial charge in [0, 0.05) is 13.1 Å². The van der Waals surface area contributed by atoms with Gasteiger partial charge < -0.3 is 10.6 Å². The van der Waals surface area contributed by atoms with Crippen molar-refractivity contribution in [2.45, 2.75) is 25.9 Å². The number of amides is 1. The number of hydrogen-bond acceptors (Lipinski definition) is 3. The number of likely N-dealkylation sites (N-methyl/N-ethyl adjacent to an activating group) is 1. The number of carbonyl (C=O) groups excluding carboxylic acids is 1. The summed E-state index contributed by atoms with van der Waals surface area (Å²) in [5.41, 5.74) is 2.50. The molecule has 2 N–H and O–H groups in total. The molecule has 0 atom stereocenters. The van der Waals surface area contributed by atoms with Gasteiger partial charge in [0.25, 0.3) is 0 Å². The summed E-state index contributed by atoms with van der Waals surface area (Å²) < 4.78 is 0. The van der Waals surface area contributed by atoms with E-state index in [2.05, 4.69) is 39.8 Å². The normalized spacial score (nSPS) is 15.6. The second-order valence-corrected chi connectivity index (χ2v) is 5.11. The average Bonchev–Trinajstić information content (AvgIpc) is 2.91. The molecule has 4 heteroatoms. The fraction of sp³-hybridized carbons (Fsp3) is 0.533. The molecular formula is C15H23N3O. The molecule has 0 spiro atoms. The second kappa shape index (κ2) is 7.26. The monoisotopic (exact) mass is 261 g/mol. The van der Waals surface area contributed by atoms with Crippen LogP contribution in [0.15, 0.2) is 24.3 Å². The van der Waals surface area contributed by atoms with Gasteiger partial charge in [-0.25, -0.2) is 0 Å². The number of nitrogens with zero attached hydrogens (tertiary/aromatic N) is 1. The summed E-state index contributed by atoms with van der Waals surface area (Å²) in [6.45, 7) is 4.47. The molecule has 0 aromatic heterocycles. The Kier molecular flexibility index (Phi) is 5.36. The van der Waals surface area contributed by atoms with Gasteiger partial charge in [-0.3, -0.25) is 9.69 Å². The lowest BCUT2D eigenvalue weighted by molar-refractivity contribution is -0.120. The molecular weight excluding hydrogens is 238 g/mol. The third-order valence-electron chi connectivity index (χ3n) is 3.45.